The molecule has 0 unspecified atom stereocenters. The average Bonchev–Trinajstić information content (AvgIpc) is 3.39. The second kappa shape index (κ2) is 10.9. The van der Waals surface area contributed by atoms with Gasteiger partial charge in [-0.05, 0) is 48.7 Å². The van der Waals surface area contributed by atoms with Crippen molar-refractivity contribution < 1.29 is 21.0 Å². The Morgan fingerprint density at radius 3 is 1.83 bits per heavy atom. The zero-order valence-corrected chi connectivity index (χ0v) is 27.5. The van der Waals surface area contributed by atoms with Gasteiger partial charge in [0.05, 0.1) is 10.9 Å². The number of nitrogens with zero attached hydrogens (tertiary/aromatic N) is 4. The molecule has 2 aliphatic heterocycles. The minimum atomic E-state index is -4.39. The van der Waals surface area contributed by atoms with E-state index in [1.165, 1.54) is 21.0 Å². The summed E-state index contributed by atoms with van der Waals surface area (Å²) in [4.78, 5) is 17.8. The van der Waals surface area contributed by atoms with Gasteiger partial charge in [-0.25, -0.2) is 8.42 Å². The van der Waals surface area contributed by atoms with E-state index in [0.29, 0.717) is 22.9 Å². The third kappa shape index (κ3) is 4.74. The van der Waals surface area contributed by atoms with Gasteiger partial charge in [-0.15, -0.1) is 0 Å². The van der Waals surface area contributed by atoms with E-state index >= 15 is 0 Å². The molecular weight excluding hydrogens is 625 g/mol. The second-order valence-corrected chi connectivity index (χ2v) is 15.7. The lowest BCUT2D eigenvalue weighted by atomic mass is 9.98. The van der Waals surface area contributed by atoms with Crippen LogP contribution < -0.4 is 19.5 Å². The number of aromatic nitrogens is 1. The molecule has 0 aliphatic carbocycles. The van der Waals surface area contributed by atoms with Gasteiger partial charge in [-0.2, -0.15) is 12.7 Å². The van der Waals surface area contributed by atoms with Crippen molar-refractivity contribution in [1.29, 1.82) is 0 Å². The Balaban J connectivity index is 1.25. The van der Waals surface area contributed by atoms with Gasteiger partial charge in [0.1, 0.15) is 4.90 Å². The van der Waals surface area contributed by atoms with Crippen LogP contribution in [0.25, 0.3) is 21.5 Å². The first kappa shape index (κ1) is 30.3. The van der Waals surface area contributed by atoms with Crippen LogP contribution in [0.3, 0.4) is 0 Å². The maximum absolute atomic E-state index is 14.3. The molecule has 4 aromatic carbocycles. The normalized spacial score (nSPS) is 18.1. The maximum atomic E-state index is 14.3. The van der Waals surface area contributed by atoms with Gasteiger partial charge < -0.3 is 18.6 Å². The fraction of sp³-hybridized carbons (Fsp3) is 0.265. The summed E-state index contributed by atoms with van der Waals surface area (Å²) in [5.41, 5.74) is 1.67. The molecule has 7 rings (SSSR count). The van der Waals surface area contributed by atoms with Crippen LogP contribution in [0.2, 0.25) is 0 Å². The Labute approximate surface area is 268 Å². The summed E-state index contributed by atoms with van der Waals surface area (Å²) < 4.78 is 64.2. The monoisotopic (exact) mass is 658 g/mol. The van der Waals surface area contributed by atoms with Crippen molar-refractivity contribution in [2.75, 3.05) is 44.5 Å². The number of fused-ring (bicyclic) bond motifs is 6. The number of rotatable bonds is 7. The molecule has 238 valence electrons. The summed E-state index contributed by atoms with van der Waals surface area (Å²) in [6.45, 7) is 0.505. The van der Waals surface area contributed by atoms with Crippen LogP contribution in [0, 0.1) is 5.92 Å². The van der Waals surface area contributed by atoms with Gasteiger partial charge in [-0.3, -0.25) is 4.79 Å². The van der Waals surface area contributed by atoms with E-state index in [1.807, 2.05) is 74.4 Å². The summed E-state index contributed by atoms with van der Waals surface area (Å²) in [5.74, 6) is -0.447. The van der Waals surface area contributed by atoms with Crippen molar-refractivity contribution in [3.8, 4) is 5.75 Å². The van der Waals surface area contributed by atoms with E-state index in [1.54, 1.807) is 36.4 Å². The number of hydrogen-bond acceptors (Lipinski definition) is 8. The Hall–Kier alpha value is -4.39. The van der Waals surface area contributed by atoms with Crippen LogP contribution in [-0.4, -0.2) is 60.4 Å². The lowest BCUT2D eigenvalue weighted by Crippen LogP contribution is -2.34. The zero-order valence-electron chi connectivity index (χ0n) is 25.9. The highest BCUT2D eigenvalue weighted by Gasteiger charge is 2.46. The van der Waals surface area contributed by atoms with Gasteiger partial charge in [0.15, 0.2) is 0 Å². The van der Waals surface area contributed by atoms with Crippen LogP contribution in [0.4, 0.5) is 11.4 Å². The van der Waals surface area contributed by atoms with E-state index < -0.39 is 31.7 Å². The van der Waals surface area contributed by atoms with Gasteiger partial charge in [0.2, 0.25) is 15.8 Å². The topological polar surface area (TPSA) is 109 Å². The molecule has 0 N–H and O–H groups in total. The minimum Gasteiger partial charge on any atom is -0.377 e. The molecule has 0 saturated carbocycles. The van der Waals surface area contributed by atoms with Crippen molar-refractivity contribution in [2.24, 2.45) is 5.92 Å². The second-order valence-electron chi connectivity index (χ2n) is 12.3. The average molecular weight is 659 g/mol. The Bertz CT molecular complexity index is 2320. The quantitative estimate of drug-likeness (QED) is 0.229. The number of hydrogen-bond donors (Lipinski definition) is 0. The minimum absolute atomic E-state index is 0.0410. The van der Waals surface area contributed by atoms with Gasteiger partial charge >= 0.3 is 10.1 Å². The maximum Gasteiger partial charge on any atom is 0.340 e. The summed E-state index contributed by atoms with van der Waals surface area (Å²) in [5, 5.41) is 2.69. The summed E-state index contributed by atoms with van der Waals surface area (Å²) in [6.07, 6.45) is 0.565. The van der Waals surface area contributed by atoms with Crippen molar-refractivity contribution in [3.05, 3.63) is 101 Å². The molecule has 0 amide bonds. The molecule has 2 bridgehead atoms. The molecule has 3 heterocycles. The fourth-order valence-electron chi connectivity index (χ4n) is 6.97. The molecular formula is C34H34N4O6S2. The van der Waals surface area contributed by atoms with E-state index in [0.717, 1.165) is 22.1 Å². The molecule has 46 heavy (non-hydrogen) atoms. The SMILES string of the molecule is CN(C)c1cccc2c(S(=O)(=O)Oc3ccc4n(c3=O)C[C@H]3C[C@@H]4N(S(=O)(=O)c4cccc5c(N(C)C)cccc45)C3)cccc12. The standard InChI is InChI=1S/C34H34N4O6S2/c1-35(2)27-13-5-11-25-23(27)9-7-15-32(25)45(40,41)38-21-22-19-30(38)29-17-18-31(34(39)37(29)20-22)44-46(42,43)33-16-8-10-24-26(33)12-6-14-28(24)36(3)4/h5-18,22,30H,19-21H2,1-4H3/t22-,30+/m1/s1. The van der Waals surface area contributed by atoms with E-state index in [2.05, 4.69) is 0 Å². The Morgan fingerprint density at radius 2 is 1.22 bits per heavy atom. The highest BCUT2D eigenvalue weighted by atomic mass is 32.2. The van der Waals surface area contributed by atoms with Gasteiger partial charge in [-0.1, -0.05) is 48.5 Å². The van der Waals surface area contributed by atoms with Crippen molar-refractivity contribution in [3.63, 3.8) is 0 Å². The molecule has 1 saturated heterocycles. The van der Waals surface area contributed by atoms with Crippen molar-refractivity contribution in [2.45, 2.75) is 28.8 Å². The predicted molar refractivity (Wildman–Crippen MR) is 180 cm³/mol. The van der Waals surface area contributed by atoms with Crippen LogP contribution in [0.5, 0.6) is 5.75 Å². The molecule has 5 aromatic rings. The Kier molecular flexibility index (Phi) is 7.14. The highest BCUT2D eigenvalue weighted by molar-refractivity contribution is 7.89. The summed E-state index contributed by atoms with van der Waals surface area (Å²) in [6, 6.07) is 23.6. The third-order valence-corrected chi connectivity index (χ3v) is 12.3. The number of pyridine rings is 1. The number of sulfonamides is 1. The van der Waals surface area contributed by atoms with Crippen molar-refractivity contribution >= 4 is 53.1 Å². The highest BCUT2D eigenvalue weighted by Crippen LogP contribution is 2.44. The van der Waals surface area contributed by atoms with E-state index in [4.69, 9.17) is 4.18 Å². The first-order valence-electron chi connectivity index (χ1n) is 15.0. The molecule has 1 aromatic heterocycles. The van der Waals surface area contributed by atoms with Crippen LogP contribution in [0.1, 0.15) is 18.2 Å². The Morgan fingerprint density at radius 1 is 0.674 bits per heavy atom. The number of benzene rings is 4. The molecule has 2 atom stereocenters. The molecule has 2 aliphatic rings. The third-order valence-electron chi connectivity index (χ3n) is 9.03. The lowest BCUT2D eigenvalue weighted by Gasteiger charge is -2.28. The van der Waals surface area contributed by atoms with E-state index in [9.17, 15) is 21.6 Å². The smallest absolute Gasteiger partial charge is 0.340 e. The summed E-state index contributed by atoms with van der Waals surface area (Å²) in [7, 11) is -0.749. The molecule has 10 nitrogen and oxygen atoms in total. The predicted octanol–water partition coefficient (Wildman–Crippen LogP) is 4.82. The van der Waals surface area contributed by atoms with Crippen LogP contribution >= 0.6 is 0 Å². The molecule has 12 heteroatoms. The molecule has 1 fully saturated rings. The molecule has 0 radical (unpaired) electrons. The number of anilines is 2. The first-order valence-corrected chi connectivity index (χ1v) is 17.8. The largest absolute Gasteiger partial charge is 0.377 e. The molecule has 0 spiro atoms. The van der Waals surface area contributed by atoms with Crippen molar-refractivity contribution in [1.82, 2.24) is 8.87 Å². The van der Waals surface area contributed by atoms with Crippen LogP contribution in [-0.2, 0) is 26.7 Å². The van der Waals surface area contributed by atoms with E-state index in [-0.39, 0.29) is 34.5 Å². The summed E-state index contributed by atoms with van der Waals surface area (Å²) >= 11 is 0. The lowest BCUT2D eigenvalue weighted by molar-refractivity contribution is 0.368. The van der Waals surface area contributed by atoms with Gasteiger partial charge in [0.25, 0.3) is 5.56 Å². The van der Waals surface area contributed by atoms with Gasteiger partial charge in [0, 0.05) is 79.9 Å². The zero-order chi connectivity index (χ0) is 32.5. The first-order chi connectivity index (χ1) is 21.9. The van der Waals surface area contributed by atoms with Crippen LogP contribution in [0.15, 0.2) is 99.5 Å². The fourth-order valence-corrected chi connectivity index (χ4v) is 10.0.